The maximum atomic E-state index is 6.12. The van der Waals surface area contributed by atoms with Crippen LogP contribution in [0.4, 0.5) is 0 Å². The predicted octanol–water partition coefficient (Wildman–Crippen LogP) is 4.80. The third kappa shape index (κ3) is 2.48. The number of hydrogen-bond acceptors (Lipinski definition) is 2. The SMILES string of the molecule is CC1CCC(NC2CCc3sc(Cl)cc32)C(C)C1. The molecule has 2 aliphatic carbocycles. The van der Waals surface area contributed by atoms with E-state index in [1.807, 2.05) is 0 Å². The third-order valence-electron chi connectivity index (χ3n) is 4.69. The standard InChI is InChI=1S/C15H22ClNS/c1-9-3-4-12(10(2)7-9)17-13-5-6-14-11(13)8-15(16)18-14/h8-10,12-13,17H,3-7H2,1-2H3. The largest absolute Gasteiger partial charge is 0.307 e. The lowest BCUT2D eigenvalue weighted by Gasteiger charge is -2.35. The molecule has 1 aromatic heterocycles. The van der Waals surface area contributed by atoms with Crippen LogP contribution < -0.4 is 5.32 Å². The van der Waals surface area contributed by atoms with Gasteiger partial charge in [0.15, 0.2) is 0 Å². The smallest absolute Gasteiger partial charge is 0.0934 e. The number of hydrogen-bond donors (Lipinski definition) is 1. The minimum absolute atomic E-state index is 0.560. The molecule has 1 aromatic rings. The topological polar surface area (TPSA) is 12.0 Å². The van der Waals surface area contributed by atoms with Crippen molar-refractivity contribution in [1.29, 1.82) is 0 Å². The van der Waals surface area contributed by atoms with Crippen LogP contribution in [0.1, 0.15) is 56.0 Å². The number of nitrogens with one attached hydrogen (secondary N) is 1. The summed E-state index contributed by atoms with van der Waals surface area (Å²) in [6, 6.07) is 3.45. The number of rotatable bonds is 2. The van der Waals surface area contributed by atoms with E-state index in [1.165, 1.54) is 42.5 Å². The Labute approximate surface area is 119 Å². The molecular weight excluding hydrogens is 262 g/mol. The first kappa shape index (κ1) is 13.0. The van der Waals surface area contributed by atoms with Crippen LogP contribution in [0.5, 0.6) is 0 Å². The van der Waals surface area contributed by atoms with Gasteiger partial charge in [-0.25, -0.2) is 0 Å². The van der Waals surface area contributed by atoms with Gasteiger partial charge in [-0.2, -0.15) is 0 Å². The molecule has 1 heterocycles. The first-order valence-electron chi connectivity index (χ1n) is 7.17. The maximum absolute atomic E-state index is 6.12. The van der Waals surface area contributed by atoms with Crippen molar-refractivity contribution in [3.05, 3.63) is 20.8 Å². The first-order chi connectivity index (χ1) is 8.63. The maximum Gasteiger partial charge on any atom is 0.0934 e. The zero-order chi connectivity index (χ0) is 12.7. The molecule has 4 atom stereocenters. The zero-order valence-corrected chi connectivity index (χ0v) is 12.8. The van der Waals surface area contributed by atoms with Crippen molar-refractivity contribution in [2.45, 2.75) is 58.0 Å². The van der Waals surface area contributed by atoms with Crippen LogP contribution in [0.25, 0.3) is 0 Å². The Morgan fingerprint density at radius 2 is 2.11 bits per heavy atom. The molecule has 0 bridgehead atoms. The van der Waals surface area contributed by atoms with E-state index in [4.69, 9.17) is 11.6 Å². The summed E-state index contributed by atoms with van der Waals surface area (Å²) in [6.07, 6.45) is 6.57. The van der Waals surface area contributed by atoms with Gasteiger partial charge in [-0.15, -0.1) is 11.3 Å². The quantitative estimate of drug-likeness (QED) is 0.822. The normalized spacial score (nSPS) is 35.7. The fourth-order valence-electron chi connectivity index (χ4n) is 3.67. The fraction of sp³-hybridized carbons (Fsp3) is 0.733. The molecule has 0 amide bonds. The van der Waals surface area contributed by atoms with Gasteiger partial charge < -0.3 is 5.32 Å². The summed E-state index contributed by atoms with van der Waals surface area (Å²) in [4.78, 5) is 1.51. The number of halogens is 1. The van der Waals surface area contributed by atoms with Crippen molar-refractivity contribution in [3.8, 4) is 0 Å². The molecule has 0 radical (unpaired) electrons. The van der Waals surface area contributed by atoms with Gasteiger partial charge >= 0.3 is 0 Å². The average Bonchev–Trinajstić information content (AvgIpc) is 2.83. The molecule has 100 valence electrons. The van der Waals surface area contributed by atoms with E-state index in [0.717, 1.165) is 16.2 Å². The lowest BCUT2D eigenvalue weighted by Crippen LogP contribution is -2.40. The molecule has 18 heavy (non-hydrogen) atoms. The van der Waals surface area contributed by atoms with E-state index in [2.05, 4.69) is 25.2 Å². The van der Waals surface area contributed by atoms with Crippen molar-refractivity contribution in [1.82, 2.24) is 5.32 Å². The van der Waals surface area contributed by atoms with E-state index in [9.17, 15) is 0 Å². The van der Waals surface area contributed by atoms with Crippen LogP contribution in [0.3, 0.4) is 0 Å². The molecule has 3 rings (SSSR count). The molecular formula is C15H22ClNS. The van der Waals surface area contributed by atoms with Crippen LogP contribution in [0, 0.1) is 11.8 Å². The summed E-state index contributed by atoms with van der Waals surface area (Å²) in [5.41, 5.74) is 1.48. The lowest BCUT2D eigenvalue weighted by molar-refractivity contribution is 0.213. The summed E-state index contributed by atoms with van der Waals surface area (Å²) in [5, 5.41) is 3.91. The van der Waals surface area contributed by atoms with Gasteiger partial charge in [0.25, 0.3) is 0 Å². The Morgan fingerprint density at radius 1 is 1.28 bits per heavy atom. The van der Waals surface area contributed by atoms with Gasteiger partial charge in [-0.1, -0.05) is 25.4 Å². The molecule has 0 aliphatic heterocycles. The van der Waals surface area contributed by atoms with E-state index in [0.29, 0.717) is 12.1 Å². The van der Waals surface area contributed by atoms with Crippen molar-refractivity contribution >= 4 is 22.9 Å². The highest BCUT2D eigenvalue weighted by molar-refractivity contribution is 7.16. The van der Waals surface area contributed by atoms with Crippen LogP contribution in [0.2, 0.25) is 4.34 Å². The minimum atomic E-state index is 0.560. The first-order valence-corrected chi connectivity index (χ1v) is 8.37. The van der Waals surface area contributed by atoms with E-state index >= 15 is 0 Å². The summed E-state index contributed by atoms with van der Waals surface area (Å²) in [6.45, 7) is 4.79. The molecule has 0 aromatic carbocycles. The van der Waals surface area contributed by atoms with Gasteiger partial charge in [-0.3, -0.25) is 0 Å². The summed E-state index contributed by atoms with van der Waals surface area (Å²) >= 11 is 7.89. The van der Waals surface area contributed by atoms with Gasteiger partial charge in [0.05, 0.1) is 4.34 Å². The molecule has 4 unspecified atom stereocenters. The Hall–Kier alpha value is -0.0500. The molecule has 1 saturated carbocycles. The molecule has 2 aliphatic rings. The van der Waals surface area contributed by atoms with Crippen molar-refractivity contribution < 1.29 is 0 Å². The van der Waals surface area contributed by atoms with Crippen molar-refractivity contribution in [3.63, 3.8) is 0 Å². The van der Waals surface area contributed by atoms with Gasteiger partial charge in [0, 0.05) is 17.0 Å². The average molecular weight is 284 g/mol. The van der Waals surface area contributed by atoms with Crippen LogP contribution in [0.15, 0.2) is 6.07 Å². The molecule has 0 saturated heterocycles. The van der Waals surface area contributed by atoms with Crippen LogP contribution in [-0.2, 0) is 6.42 Å². The number of thiophene rings is 1. The van der Waals surface area contributed by atoms with Crippen LogP contribution in [-0.4, -0.2) is 6.04 Å². The van der Waals surface area contributed by atoms with Crippen molar-refractivity contribution in [2.75, 3.05) is 0 Å². The number of fused-ring (bicyclic) bond motifs is 1. The highest BCUT2D eigenvalue weighted by Gasteiger charge is 2.31. The molecule has 1 fully saturated rings. The highest BCUT2D eigenvalue weighted by atomic mass is 35.5. The van der Waals surface area contributed by atoms with Gasteiger partial charge in [0.1, 0.15) is 0 Å². The second-order valence-corrected chi connectivity index (χ2v) is 7.96. The Morgan fingerprint density at radius 3 is 2.89 bits per heavy atom. The zero-order valence-electron chi connectivity index (χ0n) is 11.2. The molecule has 1 N–H and O–H groups in total. The highest BCUT2D eigenvalue weighted by Crippen LogP contribution is 2.40. The van der Waals surface area contributed by atoms with E-state index < -0.39 is 0 Å². The van der Waals surface area contributed by atoms with Crippen LogP contribution >= 0.6 is 22.9 Å². The fourth-order valence-corrected chi connectivity index (χ4v) is 5.03. The van der Waals surface area contributed by atoms with Crippen molar-refractivity contribution in [2.24, 2.45) is 11.8 Å². The summed E-state index contributed by atoms with van der Waals surface area (Å²) in [5.74, 6) is 1.72. The molecule has 0 spiro atoms. The second-order valence-electron chi connectivity index (χ2n) is 6.19. The molecule has 1 nitrogen and oxygen atoms in total. The Balaban J connectivity index is 1.67. The lowest BCUT2D eigenvalue weighted by atomic mass is 9.79. The predicted molar refractivity (Wildman–Crippen MR) is 79.5 cm³/mol. The Bertz CT molecular complexity index is 428. The Kier molecular flexibility index (Phi) is 3.70. The van der Waals surface area contributed by atoms with Gasteiger partial charge in [0.2, 0.25) is 0 Å². The summed E-state index contributed by atoms with van der Waals surface area (Å²) in [7, 11) is 0. The summed E-state index contributed by atoms with van der Waals surface area (Å²) < 4.78 is 0.955. The van der Waals surface area contributed by atoms with E-state index in [1.54, 1.807) is 11.3 Å². The van der Waals surface area contributed by atoms with Gasteiger partial charge in [-0.05, 0) is 55.6 Å². The van der Waals surface area contributed by atoms with E-state index in [-0.39, 0.29) is 0 Å². The second kappa shape index (κ2) is 5.15. The third-order valence-corrected chi connectivity index (χ3v) is 6.03. The monoisotopic (exact) mass is 283 g/mol. The minimum Gasteiger partial charge on any atom is -0.307 e. The number of aryl methyl sites for hydroxylation is 1. The molecule has 3 heteroatoms.